The van der Waals surface area contributed by atoms with Crippen molar-refractivity contribution >= 4 is 11.7 Å². The largest absolute Gasteiger partial charge is 0.334 e. The fraction of sp³-hybridized carbons (Fsp3) is 0.421. The molecule has 2 amide bonds. The van der Waals surface area contributed by atoms with Gasteiger partial charge in [0, 0.05) is 25.8 Å². The Bertz CT molecular complexity index is 684. The molecule has 0 saturated heterocycles. The number of nitrogens with one attached hydrogen (secondary N) is 1. The number of nitrogens with zero attached hydrogens (tertiary/aromatic N) is 3. The summed E-state index contributed by atoms with van der Waals surface area (Å²) in [5.41, 5.74) is 2.58. The van der Waals surface area contributed by atoms with Gasteiger partial charge < -0.3 is 5.32 Å². The lowest BCUT2D eigenvalue weighted by atomic mass is 9.96. The van der Waals surface area contributed by atoms with Crippen LogP contribution in [-0.4, -0.2) is 41.3 Å². The number of carbonyl (C=O) groups excluding carboxylic acids is 1. The molecule has 0 bridgehead atoms. The molecule has 1 atom stereocenters. The molecule has 0 saturated carbocycles. The molecule has 1 aromatic heterocycles. The fourth-order valence-corrected chi connectivity index (χ4v) is 2.81. The average molecular weight is 344 g/mol. The van der Waals surface area contributed by atoms with Crippen LogP contribution in [0.2, 0.25) is 0 Å². The smallest absolute Gasteiger partial charge is 0.322 e. The van der Waals surface area contributed by atoms with Crippen LogP contribution >= 0.6 is 0 Å². The third-order valence-electron chi connectivity index (χ3n) is 4.14. The van der Waals surface area contributed by atoms with Crippen LogP contribution in [0.5, 0.6) is 0 Å². The topological polar surface area (TPSA) is 57.6 Å². The number of hydrogen-bond donors (Lipinski definition) is 1. The summed E-state index contributed by atoms with van der Waals surface area (Å²) in [7, 11) is 0. The van der Waals surface area contributed by atoms with Crippen LogP contribution in [0.1, 0.15) is 25.8 Å². The van der Waals surface area contributed by atoms with Crippen molar-refractivity contribution < 1.29 is 9.18 Å². The first-order valence-electron chi connectivity index (χ1n) is 8.54. The van der Waals surface area contributed by atoms with Crippen LogP contribution in [0.3, 0.4) is 0 Å². The minimum Gasteiger partial charge on any atom is -0.334 e. The fourth-order valence-electron chi connectivity index (χ4n) is 2.81. The van der Waals surface area contributed by atoms with Crippen molar-refractivity contribution in [3.63, 3.8) is 0 Å². The SMILES string of the molecule is C=CCNC(=O)N(CC)C1=CC(CCc2cncc(F)c2)CN=C1C. The predicted molar refractivity (Wildman–Crippen MR) is 98.0 cm³/mol. The quantitative estimate of drug-likeness (QED) is 0.771. The zero-order chi connectivity index (χ0) is 18.2. The number of amides is 2. The van der Waals surface area contributed by atoms with Crippen LogP contribution in [0.25, 0.3) is 0 Å². The lowest BCUT2D eigenvalue weighted by Crippen LogP contribution is -2.42. The number of urea groups is 1. The van der Waals surface area contributed by atoms with E-state index in [4.69, 9.17) is 0 Å². The third-order valence-corrected chi connectivity index (χ3v) is 4.14. The molecule has 2 heterocycles. The molecule has 134 valence electrons. The van der Waals surface area contributed by atoms with Gasteiger partial charge in [0.25, 0.3) is 0 Å². The Morgan fingerprint density at radius 1 is 1.52 bits per heavy atom. The number of pyridine rings is 1. The molecule has 2 rings (SSSR count). The summed E-state index contributed by atoms with van der Waals surface area (Å²) in [4.78, 5) is 22.5. The molecule has 1 aromatic rings. The molecular weight excluding hydrogens is 319 g/mol. The zero-order valence-corrected chi connectivity index (χ0v) is 14.8. The summed E-state index contributed by atoms with van der Waals surface area (Å²) in [5, 5.41) is 2.80. The maximum Gasteiger partial charge on any atom is 0.322 e. The second kappa shape index (κ2) is 9.11. The first kappa shape index (κ1) is 18.8. The van der Waals surface area contributed by atoms with Crippen molar-refractivity contribution in [2.75, 3.05) is 19.6 Å². The van der Waals surface area contributed by atoms with Crippen molar-refractivity contribution in [2.24, 2.45) is 10.9 Å². The molecule has 25 heavy (non-hydrogen) atoms. The Hall–Kier alpha value is -2.50. The first-order valence-corrected chi connectivity index (χ1v) is 8.54. The molecule has 6 heteroatoms. The van der Waals surface area contributed by atoms with Crippen molar-refractivity contribution in [1.82, 2.24) is 15.2 Å². The van der Waals surface area contributed by atoms with E-state index in [0.29, 0.717) is 19.6 Å². The van der Waals surface area contributed by atoms with E-state index in [1.807, 2.05) is 13.8 Å². The maximum atomic E-state index is 13.2. The summed E-state index contributed by atoms with van der Waals surface area (Å²) in [6, 6.07) is 1.36. The average Bonchev–Trinajstić information content (AvgIpc) is 2.61. The number of allylic oxidation sites excluding steroid dienone is 1. The summed E-state index contributed by atoms with van der Waals surface area (Å²) < 4.78 is 13.2. The van der Waals surface area contributed by atoms with Crippen LogP contribution in [0.4, 0.5) is 9.18 Å². The van der Waals surface area contributed by atoms with E-state index in [0.717, 1.165) is 29.8 Å². The van der Waals surface area contributed by atoms with Gasteiger partial charge in [-0.3, -0.25) is 14.9 Å². The number of dihydropyridines is 1. The minimum absolute atomic E-state index is 0.154. The van der Waals surface area contributed by atoms with E-state index < -0.39 is 0 Å². The highest BCUT2D eigenvalue weighted by molar-refractivity contribution is 6.01. The van der Waals surface area contributed by atoms with Gasteiger partial charge in [0.15, 0.2) is 0 Å². The monoisotopic (exact) mass is 344 g/mol. The number of aliphatic imine (C=N–C) groups is 1. The molecule has 1 aliphatic heterocycles. The summed E-state index contributed by atoms with van der Waals surface area (Å²) >= 11 is 0. The zero-order valence-electron chi connectivity index (χ0n) is 14.8. The molecule has 0 radical (unpaired) electrons. The van der Waals surface area contributed by atoms with Gasteiger partial charge in [0.05, 0.1) is 17.6 Å². The molecule has 1 N–H and O–H groups in total. The number of hydrogen-bond acceptors (Lipinski definition) is 3. The van der Waals surface area contributed by atoms with E-state index in [9.17, 15) is 9.18 Å². The molecule has 1 unspecified atom stereocenters. The van der Waals surface area contributed by atoms with E-state index >= 15 is 0 Å². The molecule has 0 aliphatic carbocycles. The lowest BCUT2D eigenvalue weighted by Gasteiger charge is -2.28. The molecular formula is C19H25FN4O. The highest BCUT2D eigenvalue weighted by atomic mass is 19.1. The lowest BCUT2D eigenvalue weighted by molar-refractivity contribution is 0.215. The number of aromatic nitrogens is 1. The maximum absolute atomic E-state index is 13.2. The van der Waals surface area contributed by atoms with Crippen LogP contribution < -0.4 is 5.32 Å². The van der Waals surface area contributed by atoms with Gasteiger partial charge >= 0.3 is 6.03 Å². The molecule has 0 fully saturated rings. The second-order valence-corrected chi connectivity index (χ2v) is 6.01. The number of aryl methyl sites for hydroxylation is 1. The van der Waals surface area contributed by atoms with Crippen molar-refractivity contribution in [3.8, 4) is 0 Å². The predicted octanol–water partition coefficient (Wildman–Crippen LogP) is 3.35. The summed E-state index contributed by atoms with van der Waals surface area (Å²) in [5.74, 6) is -0.106. The van der Waals surface area contributed by atoms with Gasteiger partial charge in [-0.05, 0) is 44.2 Å². The molecule has 0 aromatic carbocycles. The van der Waals surface area contributed by atoms with Crippen molar-refractivity contribution in [3.05, 3.63) is 54.3 Å². The Balaban J connectivity index is 2.06. The summed E-state index contributed by atoms with van der Waals surface area (Å²) in [6.45, 7) is 9.13. The summed E-state index contributed by atoms with van der Waals surface area (Å²) in [6.07, 6.45) is 8.20. The van der Waals surface area contributed by atoms with E-state index in [2.05, 4.69) is 27.9 Å². The highest BCUT2D eigenvalue weighted by Gasteiger charge is 2.22. The Morgan fingerprint density at radius 2 is 2.32 bits per heavy atom. The van der Waals surface area contributed by atoms with Gasteiger partial charge in [0.1, 0.15) is 5.82 Å². The van der Waals surface area contributed by atoms with Crippen LogP contribution in [0, 0.1) is 11.7 Å². The molecule has 0 spiro atoms. The standard InChI is InChI=1S/C19H25FN4O/c1-4-8-22-19(25)24(5-2)18-10-16(12-23-14(18)3)7-6-15-9-17(20)13-21-11-15/h4,9-11,13,16H,1,5-8,12H2,2-3H3,(H,22,25). The third kappa shape index (κ3) is 5.24. The number of rotatable bonds is 7. The normalized spacial score (nSPS) is 16.7. The van der Waals surface area contributed by atoms with Crippen LogP contribution in [0.15, 0.2) is 47.9 Å². The molecule has 5 nitrogen and oxygen atoms in total. The van der Waals surface area contributed by atoms with Gasteiger partial charge in [-0.25, -0.2) is 9.18 Å². The van der Waals surface area contributed by atoms with Gasteiger partial charge in [-0.15, -0.1) is 6.58 Å². The van der Waals surface area contributed by atoms with Gasteiger partial charge in [-0.2, -0.15) is 0 Å². The Kier molecular flexibility index (Phi) is 6.86. The van der Waals surface area contributed by atoms with Crippen molar-refractivity contribution in [1.29, 1.82) is 0 Å². The van der Waals surface area contributed by atoms with E-state index in [-0.39, 0.29) is 17.8 Å². The van der Waals surface area contributed by atoms with Crippen molar-refractivity contribution in [2.45, 2.75) is 26.7 Å². The Labute approximate surface area is 148 Å². The first-order chi connectivity index (χ1) is 12.0. The Morgan fingerprint density at radius 3 is 3.00 bits per heavy atom. The van der Waals surface area contributed by atoms with Crippen LogP contribution in [-0.2, 0) is 6.42 Å². The van der Waals surface area contributed by atoms with E-state index in [1.165, 1.54) is 12.3 Å². The minimum atomic E-state index is -0.317. The van der Waals surface area contributed by atoms with Gasteiger partial charge in [-0.1, -0.05) is 12.2 Å². The molecule has 1 aliphatic rings. The highest BCUT2D eigenvalue weighted by Crippen LogP contribution is 2.21. The number of halogens is 1. The second-order valence-electron chi connectivity index (χ2n) is 6.01. The van der Waals surface area contributed by atoms with Gasteiger partial charge in [0.2, 0.25) is 0 Å². The number of carbonyl (C=O) groups is 1. The van der Waals surface area contributed by atoms with E-state index in [1.54, 1.807) is 17.2 Å².